The summed E-state index contributed by atoms with van der Waals surface area (Å²) in [5, 5.41) is 9.15. The van der Waals surface area contributed by atoms with Gasteiger partial charge in [0.05, 0.1) is 12.0 Å². The molecule has 86 valence electrons. The molecule has 3 unspecified atom stereocenters. The number of rotatable bonds is 4. The summed E-state index contributed by atoms with van der Waals surface area (Å²) in [4.78, 5) is 2.36. The molecule has 1 fully saturated rings. The Balaban J connectivity index is 2.57. The van der Waals surface area contributed by atoms with Crippen LogP contribution < -0.4 is 0 Å². The van der Waals surface area contributed by atoms with Crippen molar-refractivity contribution in [3.05, 3.63) is 0 Å². The fraction of sp³-hybridized carbons (Fsp3) is 0.923. The Morgan fingerprint density at radius 3 is 2.60 bits per heavy atom. The van der Waals surface area contributed by atoms with Crippen LogP contribution in [0.4, 0.5) is 0 Å². The smallest absolute Gasteiger partial charge is 0.0672 e. The van der Waals surface area contributed by atoms with Gasteiger partial charge in [-0.1, -0.05) is 26.7 Å². The van der Waals surface area contributed by atoms with E-state index in [1.54, 1.807) is 0 Å². The van der Waals surface area contributed by atoms with Crippen molar-refractivity contribution >= 4 is 0 Å². The van der Waals surface area contributed by atoms with Gasteiger partial charge < -0.3 is 4.90 Å². The molecule has 0 aromatic heterocycles. The molecule has 0 N–H and O–H groups in total. The summed E-state index contributed by atoms with van der Waals surface area (Å²) in [5.74, 6) is 1.13. The third-order valence-electron chi connectivity index (χ3n) is 3.85. The van der Waals surface area contributed by atoms with E-state index in [1.807, 2.05) is 0 Å². The zero-order valence-corrected chi connectivity index (χ0v) is 10.4. The second-order valence-electron chi connectivity index (χ2n) is 4.84. The molecule has 1 aliphatic rings. The lowest BCUT2D eigenvalue weighted by atomic mass is 9.76. The second-order valence-corrected chi connectivity index (χ2v) is 4.84. The molecule has 0 heterocycles. The molecule has 0 saturated heterocycles. The van der Waals surface area contributed by atoms with Crippen molar-refractivity contribution in [3.63, 3.8) is 0 Å². The molecule has 0 aliphatic heterocycles. The van der Waals surface area contributed by atoms with Crippen molar-refractivity contribution in [1.29, 1.82) is 5.26 Å². The first-order chi connectivity index (χ1) is 7.22. The molecule has 15 heavy (non-hydrogen) atoms. The standard InChI is InChI=1S/C13H24N2/c1-4-6-11-7-8-12(10-14)13(9-11)15(3)5-2/h11-13H,4-9H2,1-3H3. The highest BCUT2D eigenvalue weighted by atomic mass is 15.1. The third kappa shape index (κ3) is 3.21. The van der Waals surface area contributed by atoms with Gasteiger partial charge in [-0.2, -0.15) is 5.26 Å². The Morgan fingerprint density at radius 2 is 2.07 bits per heavy atom. The predicted octanol–water partition coefficient (Wildman–Crippen LogP) is 3.05. The van der Waals surface area contributed by atoms with Gasteiger partial charge in [-0.05, 0) is 38.8 Å². The number of nitriles is 1. The monoisotopic (exact) mass is 208 g/mol. The van der Waals surface area contributed by atoms with Gasteiger partial charge in [0.1, 0.15) is 0 Å². The van der Waals surface area contributed by atoms with Crippen LogP contribution in [0, 0.1) is 23.2 Å². The highest BCUT2D eigenvalue weighted by molar-refractivity contribution is 4.96. The Labute approximate surface area is 94.3 Å². The maximum atomic E-state index is 9.15. The minimum Gasteiger partial charge on any atom is -0.302 e. The lowest BCUT2D eigenvalue weighted by molar-refractivity contribution is 0.126. The van der Waals surface area contributed by atoms with Crippen molar-refractivity contribution in [3.8, 4) is 6.07 Å². The van der Waals surface area contributed by atoms with Gasteiger partial charge in [0.15, 0.2) is 0 Å². The lowest BCUT2D eigenvalue weighted by Gasteiger charge is -2.38. The largest absolute Gasteiger partial charge is 0.302 e. The highest BCUT2D eigenvalue weighted by Crippen LogP contribution is 2.33. The molecule has 2 nitrogen and oxygen atoms in total. The Kier molecular flexibility index (Phi) is 5.11. The summed E-state index contributed by atoms with van der Waals surface area (Å²) in [7, 11) is 2.16. The summed E-state index contributed by atoms with van der Waals surface area (Å²) < 4.78 is 0. The quantitative estimate of drug-likeness (QED) is 0.710. The molecule has 2 heteroatoms. The molecule has 3 atom stereocenters. The van der Waals surface area contributed by atoms with Crippen LogP contribution in [0.2, 0.25) is 0 Å². The molecule has 0 radical (unpaired) electrons. The third-order valence-corrected chi connectivity index (χ3v) is 3.85. The molecule has 1 aliphatic carbocycles. The van der Waals surface area contributed by atoms with E-state index in [4.69, 9.17) is 5.26 Å². The first-order valence-electron chi connectivity index (χ1n) is 6.32. The Morgan fingerprint density at radius 1 is 1.33 bits per heavy atom. The van der Waals surface area contributed by atoms with E-state index in [0.29, 0.717) is 6.04 Å². The maximum absolute atomic E-state index is 9.15. The Bertz CT molecular complexity index is 219. The summed E-state index contributed by atoms with van der Waals surface area (Å²) in [6.07, 6.45) is 6.23. The number of nitrogens with zero attached hydrogens (tertiary/aromatic N) is 2. The zero-order chi connectivity index (χ0) is 11.3. The molecular formula is C13H24N2. The molecule has 0 aromatic rings. The van der Waals surface area contributed by atoms with Crippen molar-refractivity contribution in [2.45, 2.75) is 52.0 Å². The molecular weight excluding hydrogens is 184 g/mol. The van der Waals surface area contributed by atoms with Gasteiger partial charge in [0, 0.05) is 6.04 Å². The van der Waals surface area contributed by atoms with Crippen molar-refractivity contribution in [2.24, 2.45) is 11.8 Å². The number of hydrogen-bond donors (Lipinski definition) is 0. The molecule has 0 amide bonds. The fourth-order valence-corrected chi connectivity index (χ4v) is 2.77. The average molecular weight is 208 g/mol. The SMILES string of the molecule is CCCC1CCC(C#N)C(N(C)CC)C1. The van der Waals surface area contributed by atoms with Gasteiger partial charge in [0.25, 0.3) is 0 Å². The van der Waals surface area contributed by atoms with E-state index in [1.165, 1.54) is 25.7 Å². The number of hydrogen-bond acceptors (Lipinski definition) is 2. The van der Waals surface area contributed by atoms with E-state index >= 15 is 0 Å². The summed E-state index contributed by atoms with van der Waals surface area (Å²) in [6.45, 7) is 5.49. The predicted molar refractivity (Wildman–Crippen MR) is 63.4 cm³/mol. The minimum absolute atomic E-state index is 0.267. The second kappa shape index (κ2) is 6.12. The first kappa shape index (κ1) is 12.5. The van der Waals surface area contributed by atoms with Crippen LogP contribution in [0.5, 0.6) is 0 Å². The van der Waals surface area contributed by atoms with E-state index in [9.17, 15) is 0 Å². The van der Waals surface area contributed by atoms with Gasteiger partial charge in [-0.25, -0.2) is 0 Å². The molecule has 0 aromatic carbocycles. The zero-order valence-electron chi connectivity index (χ0n) is 10.4. The lowest BCUT2D eigenvalue weighted by Crippen LogP contribution is -2.41. The molecule has 1 rings (SSSR count). The van der Waals surface area contributed by atoms with E-state index in [0.717, 1.165) is 18.9 Å². The summed E-state index contributed by atoms with van der Waals surface area (Å²) in [5.41, 5.74) is 0. The van der Waals surface area contributed by atoms with E-state index in [-0.39, 0.29) is 5.92 Å². The van der Waals surface area contributed by atoms with Gasteiger partial charge >= 0.3 is 0 Å². The first-order valence-corrected chi connectivity index (χ1v) is 6.32. The van der Waals surface area contributed by atoms with Gasteiger partial charge in [0.2, 0.25) is 0 Å². The van der Waals surface area contributed by atoms with Crippen LogP contribution in [0.1, 0.15) is 46.0 Å². The summed E-state index contributed by atoms with van der Waals surface area (Å²) >= 11 is 0. The highest BCUT2D eigenvalue weighted by Gasteiger charge is 2.31. The minimum atomic E-state index is 0.267. The molecule has 0 bridgehead atoms. The normalized spacial score (nSPS) is 31.5. The molecule has 0 spiro atoms. The fourth-order valence-electron chi connectivity index (χ4n) is 2.77. The van der Waals surface area contributed by atoms with Crippen molar-refractivity contribution in [1.82, 2.24) is 4.90 Å². The molecule has 1 saturated carbocycles. The van der Waals surface area contributed by atoms with Crippen molar-refractivity contribution in [2.75, 3.05) is 13.6 Å². The van der Waals surface area contributed by atoms with Crippen LogP contribution in [-0.2, 0) is 0 Å². The van der Waals surface area contributed by atoms with E-state index < -0.39 is 0 Å². The Hall–Kier alpha value is -0.550. The van der Waals surface area contributed by atoms with Crippen LogP contribution in [0.3, 0.4) is 0 Å². The van der Waals surface area contributed by atoms with Gasteiger partial charge in [-0.15, -0.1) is 0 Å². The topological polar surface area (TPSA) is 27.0 Å². The van der Waals surface area contributed by atoms with Crippen LogP contribution in [0.15, 0.2) is 0 Å². The van der Waals surface area contributed by atoms with Crippen LogP contribution in [-0.4, -0.2) is 24.5 Å². The van der Waals surface area contributed by atoms with Crippen LogP contribution in [0.25, 0.3) is 0 Å². The van der Waals surface area contributed by atoms with Crippen LogP contribution >= 0.6 is 0 Å². The summed E-state index contributed by atoms with van der Waals surface area (Å²) in [6, 6.07) is 3.00. The van der Waals surface area contributed by atoms with Gasteiger partial charge in [-0.3, -0.25) is 0 Å². The maximum Gasteiger partial charge on any atom is 0.0672 e. The van der Waals surface area contributed by atoms with Crippen molar-refractivity contribution < 1.29 is 0 Å². The van der Waals surface area contributed by atoms with E-state index in [2.05, 4.69) is 31.9 Å². The average Bonchev–Trinajstić information content (AvgIpc) is 2.28.